The molecule has 0 bridgehead atoms. The van der Waals surface area contributed by atoms with Gasteiger partial charge < -0.3 is 15.4 Å². The summed E-state index contributed by atoms with van der Waals surface area (Å²) < 4.78 is 18.0. The van der Waals surface area contributed by atoms with Gasteiger partial charge >= 0.3 is 12.0 Å². The summed E-state index contributed by atoms with van der Waals surface area (Å²) in [6.07, 6.45) is 0. The van der Waals surface area contributed by atoms with Gasteiger partial charge in [-0.05, 0) is 37.6 Å². The van der Waals surface area contributed by atoms with E-state index in [1.807, 2.05) is 19.1 Å². The van der Waals surface area contributed by atoms with Crippen molar-refractivity contribution in [3.63, 3.8) is 0 Å². The van der Waals surface area contributed by atoms with E-state index in [-0.39, 0.29) is 5.69 Å². The van der Waals surface area contributed by atoms with Crippen LogP contribution < -0.4 is 10.6 Å². The van der Waals surface area contributed by atoms with E-state index in [0.717, 1.165) is 16.5 Å². The van der Waals surface area contributed by atoms with Crippen LogP contribution in [0.3, 0.4) is 0 Å². The maximum atomic E-state index is 13.1. The summed E-state index contributed by atoms with van der Waals surface area (Å²) in [6, 6.07) is 11.6. The molecule has 0 unspecified atom stereocenters. The highest BCUT2D eigenvalue weighted by atomic mass is 19.1. The van der Waals surface area contributed by atoms with Crippen molar-refractivity contribution in [1.82, 2.24) is 10.2 Å². The van der Waals surface area contributed by atoms with Crippen LogP contribution in [0.5, 0.6) is 0 Å². The monoisotopic (exact) mass is 413 g/mol. The number of rotatable bonds is 6. The number of benzene rings is 2. The molecule has 1 aliphatic rings. The standard InChI is InChI=1S/C21H20FN3O5/c1-13-6-8-14(9-7-13)21(2)19(28)25(20(29)24-21)11-18(27)30-12-17(26)23-16-5-3-4-15(22)10-16/h3-10H,11-12H2,1-2H3,(H,23,26)(H,24,29)/t21-/m0/s1. The van der Waals surface area contributed by atoms with Crippen LogP contribution in [0.1, 0.15) is 18.1 Å². The maximum absolute atomic E-state index is 13.1. The fourth-order valence-corrected chi connectivity index (χ4v) is 3.01. The molecule has 9 heteroatoms. The highest BCUT2D eigenvalue weighted by molar-refractivity contribution is 6.09. The molecule has 30 heavy (non-hydrogen) atoms. The lowest BCUT2D eigenvalue weighted by molar-refractivity contribution is -0.150. The summed E-state index contributed by atoms with van der Waals surface area (Å²) in [6.45, 7) is 2.16. The third-order valence-corrected chi connectivity index (χ3v) is 4.66. The van der Waals surface area contributed by atoms with E-state index in [4.69, 9.17) is 4.74 Å². The van der Waals surface area contributed by atoms with Gasteiger partial charge in [-0.3, -0.25) is 19.3 Å². The van der Waals surface area contributed by atoms with Crippen molar-refractivity contribution in [3.8, 4) is 0 Å². The van der Waals surface area contributed by atoms with E-state index < -0.39 is 48.3 Å². The Bertz CT molecular complexity index is 1010. The number of esters is 1. The molecule has 3 rings (SSSR count). The van der Waals surface area contributed by atoms with E-state index >= 15 is 0 Å². The normalized spacial score (nSPS) is 18.2. The number of imide groups is 1. The van der Waals surface area contributed by atoms with Crippen molar-refractivity contribution in [2.45, 2.75) is 19.4 Å². The Balaban J connectivity index is 1.57. The van der Waals surface area contributed by atoms with Gasteiger partial charge in [-0.15, -0.1) is 0 Å². The van der Waals surface area contributed by atoms with Crippen LogP contribution in [0.15, 0.2) is 48.5 Å². The Morgan fingerprint density at radius 3 is 2.53 bits per heavy atom. The fraction of sp³-hybridized carbons (Fsp3) is 0.238. The molecular formula is C21H20FN3O5. The van der Waals surface area contributed by atoms with Gasteiger partial charge in [0.25, 0.3) is 11.8 Å². The molecule has 0 radical (unpaired) electrons. The van der Waals surface area contributed by atoms with Crippen LogP contribution in [0.4, 0.5) is 14.9 Å². The highest BCUT2D eigenvalue weighted by Gasteiger charge is 2.49. The number of hydrogen-bond acceptors (Lipinski definition) is 5. The zero-order valence-electron chi connectivity index (χ0n) is 16.4. The molecule has 4 amide bonds. The lowest BCUT2D eigenvalue weighted by Crippen LogP contribution is -2.41. The molecule has 1 heterocycles. The first-order valence-electron chi connectivity index (χ1n) is 9.11. The van der Waals surface area contributed by atoms with Gasteiger partial charge in [-0.1, -0.05) is 35.9 Å². The molecule has 0 saturated carbocycles. The summed E-state index contributed by atoms with van der Waals surface area (Å²) in [7, 11) is 0. The van der Waals surface area contributed by atoms with Gasteiger partial charge in [-0.25, -0.2) is 9.18 Å². The van der Waals surface area contributed by atoms with Gasteiger partial charge in [0.1, 0.15) is 17.9 Å². The van der Waals surface area contributed by atoms with Gasteiger partial charge in [0.15, 0.2) is 6.61 Å². The quantitative estimate of drug-likeness (QED) is 0.557. The molecule has 2 N–H and O–H groups in total. The second-order valence-corrected chi connectivity index (χ2v) is 7.03. The number of carbonyl (C=O) groups excluding carboxylic acids is 4. The Hall–Kier alpha value is -3.75. The topological polar surface area (TPSA) is 105 Å². The van der Waals surface area contributed by atoms with Crippen molar-refractivity contribution in [3.05, 3.63) is 65.5 Å². The van der Waals surface area contributed by atoms with E-state index in [9.17, 15) is 23.6 Å². The fourth-order valence-electron chi connectivity index (χ4n) is 3.01. The SMILES string of the molecule is Cc1ccc([C@]2(C)NC(=O)N(CC(=O)OCC(=O)Nc3cccc(F)c3)C2=O)cc1. The lowest BCUT2D eigenvalue weighted by atomic mass is 9.91. The number of anilines is 1. The van der Waals surface area contributed by atoms with Crippen molar-refractivity contribution >= 4 is 29.5 Å². The molecule has 8 nitrogen and oxygen atoms in total. The smallest absolute Gasteiger partial charge is 0.326 e. The summed E-state index contributed by atoms with van der Waals surface area (Å²) in [4.78, 5) is 49.7. The highest BCUT2D eigenvalue weighted by Crippen LogP contribution is 2.28. The molecule has 2 aromatic carbocycles. The number of ether oxygens (including phenoxy) is 1. The maximum Gasteiger partial charge on any atom is 0.326 e. The zero-order valence-corrected chi connectivity index (χ0v) is 16.4. The first-order chi connectivity index (χ1) is 14.2. The Morgan fingerprint density at radius 1 is 1.17 bits per heavy atom. The Labute approximate surface area is 172 Å². The van der Waals surface area contributed by atoms with E-state index in [0.29, 0.717) is 5.56 Å². The number of aryl methyl sites for hydroxylation is 1. The lowest BCUT2D eigenvalue weighted by Gasteiger charge is -2.22. The molecule has 156 valence electrons. The minimum absolute atomic E-state index is 0.207. The van der Waals surface area contributed by atoms with Crippen LogP contribution in [-0.2, 0) is 24.7 Å². The predicted molar refractivity (Wildman–Crippen MR) is 105 cm³/mol. The van der Waals surface area contributed by atoms with Crippen LogP contribution in [0.25, 0.3) is 0 Å². The second kappa shape index (κ2) is 8.32. The number of nitrogens with zero attached hydrogens (tertiary/aromatic N) is 1. The number of hydrogen-bond donors (Lipinski definition) is 2. The summed E-state index contributed by atoms with van der Waals surface area (Å²) in [5.41, 5.74) is 0.478. The molecule has 0 aromatic heterocycles. The van der Waals surface area contributed by atoms with Crippen molar-refractivity contribution in [1.29, 1.82) is 0 Å². The number of halogens is 1. The van der Waals surface area contributed by atoms with Crippen LogP contribution in [0.2, 0.25) is 0 Å². The van der Waals surface area contributed by atoms with Crippen molar-refractivity contribution < 1.29 is 28.3 Å². The average molecular weight is 413 g/mol. The molecule has 1 atom stereocenters. The summed E-state index contributed by atoms with van der Waals surface area (Å²) >= 11 is 0. The van der Waals surface area contributed by atoms with Gasteiger partial charge in [-0.2, -0.15) is 0 Å². The van der Waals surface area contributed by atoms with E-state index in [1.165, 1.54) is 18.2 Å². The van der Waals surface area contributed by atoms with Crippen molar-refractivity contribution in [2.75, 3.05) is 18.5 Å². The predicted octanol–water partition coefficient (Wildman–Crippen LogP) is 2.08. The van der Waals surface area contributed by atoms with Gasteiger partial charge in [0.2, 0.25) is 0 Å². The largest absolute Gasteiger partial charge is 0.454 e. The summed E-state index contributed by atoms with van der Waals surface area (Å²) in [5, 5.41) is 4.96. The first-order valence-corrected chi connectivity index (χ1v) is 9.11. The molecule has 1 saturated heterocycles. The third kappa shape index (κ3) is 4.45. The van der Waals surface area contributed by atoms with Crippen LogP contribution in [0, 0.1) is 12.7 Å². The number of nitrogens with one attached hydrogen (secondary N) is 2. The molecule has 0 aliphatic carbocycles. The number of urea groups is 1. The third-order valence-electron chi connectivity index (χ3n) is 4.66. The first kappa shape index (κ1) is 21.0. The van der Waals surface area contributed by atoms with E-state index in [2.05, 4.69) is 10.6 Å². The molecule has 2 aromatic rings. The van der Waals surface area contributed by atoms with Gasteiger partial charge in [0.05, 0.1) is 0 Å². The molecular weight excluding hydrogens is 393 g/mol. The Morgan fingerprint density at radius 2 is 1.87 bits per heavy atom. The van der Waals surface area contributed by atoms with Crippen LogP contribution in [-0.4, -0.2) is 41.9 Å². The molecule has 0 spiro atoms. The Kier molecular flexibility index (Phi) is 5.81. The molecule has 1 aliphatic heterocycles. The van der Waals surface area contributed by atoms with Crippen molar-refractivity contribution in [2.24, 2.45) is 0 Å². The number of amides is 4. The minimum atomic E-state index is -1.31. The molecule has 1 fully saturated rings. The van der Waals surface area contributed by atoms with E-state index in [1.54, 1.807) is 19.1 Å². The second-order valence-electron chi connectivity index (χ2n) is 7.03. The summed E-state index contributed by atoms with van der Waals surface area (Å²) in [5.74, 6) is -2.74. The number of carbonyl (C=O) groups is 4. The van der Waals surface area contributed by atoms with Crippen LogP contribution >= 0.6 is 0 Å². The zero-order chi connectivity index (χ0) is 21.9. The van der Waals surface area contributed by atoms with Gasteiger partial charge in [0, 0.05) is 5.69 Å². The average Bonchev–Trinajstić information content (AvgIpc) is 2.91. The minimum Gasteiger partial charge on any atom is -0.454 e.